The first kappa shape index (κ1) is 11.1. The van der Waals surface area contributed by atoms with Gasteiger partial charge in [-0.25, -0.2) is 0 Å². The molecule has 0 N–H and O–H groups in total. The first-order valence-electron chi connectivity index (χ1n) is 4.12. The molecule has 0 aromatic rings. The molecule has 4 heteroatoms. The Balaban J connectivity index is 2.72. The summed E-state index contributed by atoms with van der Waals surface area (Å²) in [6, 6.07) is 0. The van der Waals surface area contributed by atoms with Gasteiger partial charge in [-0.05, 0) is 20.2 Å². The van der Waals surface area contributed by atoms with Gasteiger partial charge in [0, 0.05) is 12.1 Å². The molecule has 0 spiro atoms. The highest BCUT2D eigenvalue weighted by atomic mass is 19.4. The van der Waals surface area contributed by atoms with Gasteiger partial charge in [0.05, 0.1) is 0 Å². The molecule has 0 heterocycles. The maximum absolute atomic E-state index is 12.2. The number of hydrogen-bond acceptors (Lipinski definition) is 1. The van der Waals surface area contributed by atoms with Crippen LogP contribution in [-0.4, -0.2) is 31.7 Å². The second-order valence-electron chi connectivity index (χ2n) is 3.34. The van der Waals surface area contributed by atoms with E-state index in [-0.39, 0.29) is 0 Å². The van der Waals surface area contributed by atoms with Gasteiger partial charge in [0.25, 0.3) is 0 Å². The first-order chi connectivity index (χ1) is 6.39. The van der Waals surface area contributed by atoms with Crippen LogP contribution in [-0.2, 0) is 0 Å². The topological polar surface area (TPSA) is 3.24 Å². The van der Waals surface area contributed by atoms with E-state index in [4.69, 9.17) is 0 Å². The number of allylic oxidation sites excluding steroid dienone is 1. The third-order valence-electron chi connectivity index (χ3n) is 1.69. The Bertz CT molecular complexity index is 293. The normalized spacial score (nSPS) is 17.7. The predicted octanol–water partition coefficient (Wildman–Crippen LogP) is 2.34. The number of likely N-dealkylation sites (N-methyl/N-ethyl adjacent to an activating group) is 1. The van der Waals surface area contributed by atoms with E-state index in [9.17, 15) is 13.2 Å². The summed E-state index contributed by atoms with van der Waals surface area (Å²) >= 11 is 0. The van der Waals surface area contributed by atoms with Crippen molar-refractivity contribution < 1.29 is 13.2 Å². The average Bonchev–Trinajstić information content (AvgIpc) is 2.02. The van der Waals surface area contributed by atoms with E-state index >= 15 is 0 Å². The molecule has 0 aliphatic heterocycles. The lowest BCUT2D eigenvalue weighted by atomic mass is 10.0. The number of halogens is 3. The lowest BCUT2D eigenvalue weighted by molar-refractivity contribution is -0.103. The Morgan fingerprint density at radius 2 is 1.93 bits per heavy atom. The van der Waals surface area contributed by atoms with E-state index in [1.807, 2.05) is 19.0 Å². The summed E-state index contributed by atoms with van der Waals surface area (Å²) < 4.78 is 36.5. The zero-order chi connectivity index (χ0) is 10.8. The maximum Gasteiger partial charge on any atom is 0.403 e. The Kier molecular flexibility index (Phi) is 3.19. The van der Waals surface area contributed by atoms with Crippen molar-refractivity contribution in [3.05, 3.63) is 35.5 Å². The molecule has 0 aromatic carbocycles. The van der Waals surface area contributed by atoms with Crippen molar-refractivity contribution in [2.75, 3.05) is 20.6 Å². The fraction of sp³-hybridized carbons (Fsp3) is 0.400. The van der Waals surface area contributed by atoms with Gasteiger partial charge >= 0.3 is 6.18 Å². The summed E-state index contributed by atoms with van der Waals surface area (Å²) in [6.45, 7) is 0.595. The molecule has 1 radical (unpaired) electrons. The van der Waals surface area contributed by atoms with Crippen molar-refractivity contribution >= 4 is 0 Å². The molecule has 0 amide bonds. The van der Waals surface area contributed by atoms with Crippen LogP contribution in [0.1, 0.15) is 0 Å². The first-order valence-corrected chi connectivity index (χ1v) is 4.12. The summed E-state index contributed by atoms with van der Waals surface area (Å²) in [4.78, 5) is 1.87. The van der Waals surface area contributed by atoms with E-state index < -0.39 is 12.1 Å². The van der Waals surface area contributed by atoms with Crippen LogP contribution < -0.4 is 0 Å². The van der Waals surface area contributed by atoms with Crippen molar-refractivity contribution in [3.63, 3.8) is 0 Å². The molecule has 14 heavy (non-hydrogen) atoms. The molecule has 1 nitrogen and oxygen atoms in total. The van der Waals surface area contributed by atoms with Gasteiger partial charge < -0.3 is 4.90 Å². The lowest BCUT2D eigenvalue weighted by Gasteiger charge is -2.15. The summed E-state index contributed by atoms with van der Waals surface area (Å²) in [5.41, 5.74) is 3.37. The SMILES string of the molecule is CN(C)CC1=C=C[C](C(F)(F)F)C=C1. The van der Waals surface area contributed by atoms with E-state index in [0.29, 0.717) is 6.54 Å². The zero-order valence-electron chi connectivity index (χ0n) is 8.02. The van der Waals surface area contributed by atoms with E-state index in [2.05, 4.69) is 5.73 Å². The van der Waals surface area contributed by atoms with Gasteiger partial charge in [0.2, 0.25) is 0 Å². The summed E-state index contributed by atoms with van der Waals surface area (Å²) in [6.07, 6.45) is -0.760. The van der Waals surface area contributed by atoms with Gasteiger partial charge in [-0.15, -0.1) is 5.73 Å². The monoisotopic (exact) mass is 202 g/mol. The fourth-order valence-corrected chi connectivity index (χ4v) is 1.07. The molecular weight excluding hydrogens is 191 g/mol. The molecule has 1 aliphatic rings. The number of hydrogen-bond donors (Lipinski definition) is 0. The van der Waals surface area contributed by atoms with Crippen LogP contribution in [0.5, 0.6) is 0 Å². The van der Waals surface area contributed by atoms with Crippen molar-refractivity contribution in [1.82, 2.24) is 4.90 Å². The summed E-state index contributed by atoms with van der Waals surface area (Å²) in [7, 11) is 3.71. The zero-order valence-corrected chi connectivity index (χ0v) is 8.02. The van der Waals surface area contributed by atoms with Crippen molar-refractivity contribution in [2.24, 2.45) is 0 Å². The number of nitrogens with zero attached hydrogens (tertiary/aromatic N) is 1. The molecule has 0 bridgehead atoms. The van der Waals surface area contributed by atoms with Crippen LogP contribution in [0.4, 0.5) is 13.2 Å². The van der Waals surface area contributed by atoms with Crippen molar-refractivity contribution in [2.45, 2.75) is 6.18 Å². The standard InChI is InChI=1S/C10H11F3N/c1-14(2)7-8-3-5-9(6-4-8)10(11,12)13/h3,5-6H,7H2,1-2H3. The fourth-order valence-electron chi connectivity index (χ4n) is 1.07. The Morgan fingerprint density at radius 3 is 2.29 bits per heavy atom. The highest BCUT2D eigenvalue weighted by molar-refractivity contribution is 5.38. The Hall–Kier alpha value is -0.990. The quantitative estimate of drug-likeness (QED) is 0.621. The molecular formula is C10H11F3N. The van der Waals surface area contributed by atoms with E-state index in [1.54, 1.807) is 0 Å². The van der Waals surface area contributed by atoms with Crippen LogP contribution >= 0.6 is 0 Å². The van der Waals surface area contributed by atoms with Crippen LogP contribution in [0.15, 0.2) is 29.5 Å². The highest BCUT2D eigenvalue weighted by Gasteiger charge is 2.37. The van der Waals surface area contributed by atoms with Crippen LogP contribution in [0.2, 0.25) is 0 Å². The van der Waals surface area contributed by atoms with Crippen LogP contribution in [0.3, 0.4) is 0 Å². The summed E-state index contributed by atoms with van der Waals surface area (Å²) in [5.74, 6) is -0.653. The van der Waals surface area contributed by atoms with Crippen LogP contribution in [0.25, 0.3) is 0 Å². The predicted molar refractivity (Wildman–Crippen MR) is 48.6 cm³/mol. The second-order valence-corrected chi connectivity index (χ2v) is 3.34. The Morgan fingerprint density at radius 1 is 1.29 bits per heavy atom. The van der Waals surface area contributed by atoms with Gasteiger partial charge in [-0.2, -0.15) is 13.2 Å². The lowest BCUT2D eigenvalue weighted by Crippen LogP contribution is -2.19. The largest absolute Gasteiger partial charge is 0.403 e. The molecule has 1 rings (SSSR count). The van der Waals surface area contributed by atoms with Gasteiger partial charge in [-0.1, -0.05) is 12.2 Å². The molecule has 77 valence electrons. The van der Waals surface area contributed by atoms with Crippen molar-refractivity contribution in [3.8, 4) is 0 Å². The minimum Gasteiger partial charge on any atom is -0.305 e. The van der Waals surface area contributed by atoms with E-state index in [0.717, 1.165) is 17.7 Å². The third-order valence-corrected chi connectivity index (χ3v) is 1.69. The molecule has 0 atom stereocenters. The van der Waals surface area contributed by atoms with E-state index in [1.165, 1.54) is 6.08 Å². The second kappa shape index (κ2) is 4.03. The minimum atomic E-state index is -4.27. The number of rotatable bonds is 2. The maximum atomic E-state index is 12.2. The number of alkyl halides is 3. The van der Waals surface area contributed by atoms with Gasteiger partial charge in [-0.3, -0.25) is 0 Å². The molecule has 0 unspecified atom stereocenters. The third kappa shape index (κ3) is 3.05. The molecule has 0 fully saturated rings. The molecule has 0 saturated carbocycles. The molecule has 0 aromatic heterocycles. The smallest absolute Gasteiger partial charge is 0.305 e. The van der Waals surface area contributed by atoms with Crippen LogP contribution in [0, 0.1) is 5.92 Å². The average molecular weight is 202 g/mol. The summed E-state index contributed by atoms with van der Waals surface area (Å²) in [5, 5.41) is 0. The van der Waals surface area contributed by atoms with Crippen molar-refractivity contribution in [1.29, 1.82) is 0 Å². The highest BCUT2D eigenvalue weighted by Crippen LogP contribution is 2.31. The van der Waals surface area contributed by atoms with Gasteiger partial charge in [0.1, 0.15) is 5.92 Å². The molecule has 1 aliphatic carbocycles. The Labute approximate surface area is 81.2 Å². The molecule has 0 saturated heterocycles. The van der Waals surface area contributed by atoms with Gasteiger partial charge in [0.15, 0.2) is 0 Å². The minimum absolute atomic E-state index is 0.595.